The number of phenols is 1. The summed E-state index contributed by atoms with van der Waals surface area (Å²) in [7, 11) is 0. The van der Waals surface area contributed by atoms with E-state index in [0.29, 0.717) is 5.56 Å². The number of aliphatic hydroxyl groups is 1. The molecular weight excluding hydrogens is 232 g/mol. The maximum atomic E-state index is 11.5. The molecule has 18 heavy (non-hydrogen) atoms. The van der Waals surface area contributed by atoms with Crippen LogP contribution in [0.3, 0.4) is 0 Å². The topological polar surface area (TPSA) is 66.8 Å². The second-order valence-corrected chi connectivity index (χ2v) is 5.15. The number of para-hydroxylation sites is 1. The number of benzene rings is 1. The second-order valence-electron chi connectivity index (χ2n) is 5.15. The molecule has 0 fully saturated rings. The van der Waals surface area contributed by atoms with Gasteiger partial charge in [-0.15, -0.1) is 0 Å². The molecule has 1 rings (SSSR count). The lowest BCUT2D eigenvalue weighted by molar-refractivity contribution is -0.153. The molecule has 100 valence electrons. The number of hydrogen-bond donors (Lipinski definition) is 2. The van der Waals surface area contributed by atoms with Gasteiger partial charge < -0.3 is 14.9 Å². The first-order chi connectivity index (χ1) is 8.29. The highest BCUT2D eigenvalue weighted by molar-refractivity contribution is 5.77. The van der Waals surface area contributed by atoms with E-state index < -0.39 is 12.1 Å². The SMILES string of the molecule is CCOC(=O)C(O)c1cccc(C(C)(C)C)c1O. The summed E-state index contributed by atoms with van der Waals surface area (Å²) in [6.07, 6.45) is -1.45. The Kier molecular flexibility index (Phi) is 4.35. The van der Waals surface area contributed by atoms with Crippen molar-refractivity contribution in [1.29, 1.82) is 0 Å². The van der Waals surface area contributed by atoms with Crippen LogP contribution < -0.4 is 0 Å². The molecule has 1 atom stereocenters. The van der Waals surface area contributed by atoms with Crippen LogP contribution in [0, 0.1) is 0 Å². The van der Waals surface area contributed by atoms with Gasteiger partial charge in [-0.3, -0.25) is 0 Å². The second kappa shape index (κ2) is 5.40. The lowest BCUT2D eigenvalue weighted by Crippen LogP contribution is -2.17. The minimum Gasteiger partial charge on any atom is -0.507 e. The average Bonchev–Trinajstić information content (AvgIpc) is 2.27. The van der Waals surface area contributed by atoms with Crippen molar-refractivity contribution in [3.63, 3.8) is 0 Å². The van der Waals surface area contributed by atoms with Crippen molar-refractivity contribution in [2.45, 2.75) is 39.2 Å². The quantitative estimate of drug-likeness (QED) is 0.810. The molecular formula is C14H20O4. The summed E-state index contributed by atoms with van der Waals surface area (Å²) in [6.45, 7) is 7.69. The zero-order chi connectivity index (χ0) is 13.9. The Morgan fingerprint density at radius 2 is 2.00 bits per heavy atom. The molecule has 1 aromatic carbocycles. The predicted octanol–water partition coefficient (Wildman–Crippen LogP) is 2.29. The molecule has 0 saturated carbocycles. The summed E-state index contributed by atoms with van der Waals surface area (Å²) in [5.41, 5.74) is 0.596. The minimum absolute atomic E-state index is 0.0504. The van der Waals surface area contributed by atoms with E-state index in [1.54, 1.807) is 19.1 Å². The first kappa shape index (κ1) is 14.5. The number of carbonyl (C=O) groups is 1. The highest BCUT2D eigenvalue weighted by Gasteiger charge is 2.26. The Hall–Kier alpha value is -1.55. The molecule has 2 N–H and O–H groups in total. The molecule has 0 heterocycles. The molecule has 4 heteroatoms. The third-order valence-electron chi connectivity index (χ3n) is 2.68. The number of carbonyl (C=O) groups excluding carboxylic acids is 1. The molecule has 0 bridgehead atoms. The van der Waals surface area contributed by atoms with Gasteiger partial charge in [0.1, 0.15) is 5.75 Å². The van der Waals surface area contributed by atoms with Gasteiger partial charge in [-0.2, -0.15) is 0 Å². The van der Waals surface area contributed by atoms with Crippen LogP contribution in [0.5, 0.6) is 5.75 Å². The molecule has 0 aliphatic carbocycles. The zero-order valence-corrected chi connectivity index (χ0v) is 11.2. The summed E-state index contributed by atoms with van der Waals surface area (Å²) >= 11 is 0. The van der Waals surface area contributed by atoms with Gasteiger partial charge in [-0.25, -0.2) is 4.79 Å². The zero-order valence-electron chi connectivity index (χ0n) is 11.2. The van der Waals surface area contributed by atoms with Gasteiger partial charge >= 0.3 is 5.97 Å². The van der Waals surface area contributed by atoms with Gasteiger partial charge in [-0.05, 0) is 17.9 Å². The summed E-state index contributed by atoms with van der Waals surface area (Å²) in [6, 6.07) is 5.00. The van der Waals surface area contributed by atoms with Crippen molar-refractivity contribution in [3.05, 3.63) is 29.3 Å². The van der Waals surface area contributed by atoms with Gasteiger partial charge in [-0.1, -0.05) is 39.0 Å². The Morgan fingerprint density at radius 3 is 2.50 bits per heavy atom. The molecule has 0 spiro atoms. The van der Waals surface area contributed by atoms with Crippen LogP contribution in [0.4, 0.5) is 0 Å². The van der Waals surface area contributed by atoms with E-state index in [1.807, 2.05) is 20.8 Å². The fourth-order valence-electron chi connectivity index (χ4n) is 1.74. The van der Waals surface area contributed by atoms with Crippen molar-refractivity contribution in [3.8, 4) is 5.75 Å². The minimum atomic E-state index is -1.45. The summed E-state index contributed by atoms with van der Waals surface area (Å²) in [5.74, 6) is -0.801. The molecule has 1 unspecified atom stereocenters. The van der Waals surface area contributed by atoms with Crippen LogP contribution in [0.1, 0.15) is 44.9 Å². The van der Waals surface area contributed by atoms with E-state index in [4.69, 9.17) is 4.74 Å². The standard InChI is InChI=1S/C14H20O4/c1-5-18-13(17)12(16)9-7-6-8-10(11(9)15)14(2,3)4/h6-8,12,15-16H,5H2,1-4H3. The molecule has 0 radical (unpaired) electrons. The highest BCUT2D eigenvalue weighted by atomic mass is 16.5. The third kappa shape index (κ3) is 3.01. The maximum Gasteiger partial charge on any atom is 0.339 e. The van der Waals surface area contributed by atoms with Crippen molar-refractivity contribution in [2.75, 3.05) is 6.61 Å². The van der Waals surface area contributed by atoms with Crippen LogP contribution in [0.25, 0.3) is 0 Å². The Morgan fingerprint density at radius 1 is 1.39 bits per heavy atom. The van der Waals surface area contributed by atoms with Gasteiger partial charge in [0.05, 0.1) is 6.61 Å². The lowest BCUT2D eigenvalue weighted by Gasteiger charge is -2.22. The lowest BCUT2D eigenvalue weighted by atomic mass is 9.84. The van der Waals surface area contributed by atoms with Crippen molar-refractivity contribution in [2.24, 2.45) is 0 Å². The molecule has 1 aromatic rings. The molecule has 0 saturated heterocycles. The fraction of sp³-hybridized carbons (Fsp3) is 0.500. The predicted molar refractivity (Wildman–Crippen MR) is 68.4 cm³/mol. The van der Waals surface area contributed by atoms with Gasteiger partial charge in [0.25, 0.3) is 0 Å². The van der Waals surface area contributed by atoms with Crippen LogP contribution in [-0.4, -0.2) is 22.8 Å². The van der Waals surface area contributed by atoms with E-state index in [0.717, 1.165) is 0 Å². The van der Waals surface area contributed by atoms with Gasteiger partial charge in [0.2, 0.25) is 0 Å². The molecule has 4 nitrogen and oxygen atoms in total. The smallest absolute Gasteiger partial charge is 0.339 e. The third-order valence-corrected chi connectivity index (χ3v) is 2.68. The van der Waals surface area contributed by atoms with Crippen LogP contribution >= 0.6 is 0 Å². The van der Waals surface area contributed by atoms with Crippen molar-refractivity contribution in [1.82, 2.24) is 0 Å². The molecule has 0 amide bonds. The van der Waals surface area contributed by atoms with Crippen LogP contribution in [0.2, 0.25) is 0 Å². The Bertz CT molecular complexity index is 432. The highest BCUT2D eigenvalue weighted by Crippen LogP contribution is 2.35. The number of esters is 1. The van der Waals surface area contributed by atoms with E-state index in [-0.39, 0.29) is 23.3 Å². The maximum absolute atomic E-state index is 11.5. The first-order valence-corrected chi connectivity index (χ1v) is 5.96. The molecule has 0 aliphatic rings. The van der Waals surface area contributed by atoms with Gasteiger partial charge in [0.15, 0.2) is 6.10 Å². The largest absolute Gasteiger partial charge is 0.507 e. The molecule has 0 aliphatic heterocycles. The van der Waals surface area contributed by atoms with Crippen LogP contribution in [0.15, 0.2) is 18.2 Å². The summed E-state index contributed by atoms with van der Waals surface area (Å²) in [5, 5.41) is 20.0. The van der Waals surface area contributed by atoms with E-state index >= 15 is 0 Å². The number of rotatable bonds is 3. The number of aliphatic hydroxyl groups excluding tert-OH is 1. The Labute approximate surface area is 107 Å². The van der Waals surface area contributed by atoms with Gasteiger partial charge in [0, 0.05) is 5.56 Å². The van der Waals surface area contributed by atoms with Crippen molar-refractivity contribution < 1.29 is 19.7 Å². The normalized spacial score (nSPS) is 13.2. The van der Waals surface area contributed by atoms with Crippen molar-refractivity contribution >= 4 is 5.97 Å². The fourth-order valence-corrected chi connectivity index (χ4v) is 1.74. The van der Waals surface area contributed by atoms with E-state index in [1.165, 1.54) is 6.07 Å². The number of ether oxygens (including phenoxy) is 1. The number of hydrogen-bond acceptors (Lipinski definition) is 4. The van der Waals surface area contributed by atoms with Crippen LogP contribution in [-0.2, 0) is 14.9 Å². The summed E-state index contributed by atoms with van der Waals surface area (Å²) in [4.78, 5) is 11.5. The first-order valence-electron chi connectivity index (χ1n) is 5.96. The summed E-state index contributed by atoms with van der Waals surface area (Å²) < 4.78 is 4.74. The van der Waals surface area contributed by atoms with E-state index in [9.17, 15) is 15.0 Å². The van der Waals surface area contributed by atoms with E-state index in [2.05, 4.69) is 0 Å². The number of aromatic hydroxyl groups is 1. The average molecular weight is 252 g/mol. The molecule has 0 aromatic heterocycles. The number of phenolic OH excluding ortho intramolecular Hbond substituents is 1. The Balaban J connectivity index is 3.15. The monoisotopic (exact) mass is 252 g/mol.